The number of aromatic nitrogens is 1. The van der Waals surface area contributed by atoms with E-state index in [9.17, 15) is 4.79 Å². The lowest BCUT2D eigenvalue weighted by Crippen LogP contribution is -2.26. The quantitative estimate of drug-likeness (QED) is 0.297. The highest BCUT2D eigenvalue weighted by Crippen LogP contribution is 2.32. The molecule has 1 amide bonds. The number of para-hydroxylation sites is 2. The van der Waals surface area contributed by atoms with E-state index in [0.29, 0.717) is 19.4 Å². The summed E-state index contributed by atoms with van der Waals surface area (Å²) in [5, 5.41) is 7.58. The van der Waals surface area contributed by atoms with Crippen LogP contribution in [0.1, 0.15) is 18.4 Å². The average Bonchev–Trinajstić information content (AvgIpc) is 3.22. The van der Waals surface area contributed by atoms with Crippen LogP contribution in [0, 0.1) is 0 Å². The Balaban J connectivity index is 1.35. The maximum absolute atomic E-state index is 12.5. The van der Waals surface area contributed by atoms with Crippen molar-refractivity contribution < 1.29 is 9.53 Å². The number of rotatable bonds is 10. The third kappa shape index (κ3) is 5.30. The summed E-state index contributed by atoms with van der Waals surface area (Å²) in [6, 6.07) is 26.4. The number of carbonyl (C=O) groups is 1. The molecule has 0 saturated heterocycles. The number of methoxy groups -OCH3 is 1. The van der Waals surface area contributed by atoms with Gasteiger partial charge in [-0.05, 0) is 66.4 Å². The van der Waals surface area contributed by atoms with Crippen molar-refractivity contribution in [3.8, 4) is 17.0 Å². The summed E-state index contributed by atoms with van der Waals surface area (Å²) in [7, 11) is 1.67. The number of hydrogen-bond donors (Lipinski definition) is 3. The van der Waals surface area contributed by atoms with E-state index in [1.807, 2.05) is 66.7 Å². The minimum Gasteiger partial charge on any atom is -0.497 e. The number of amides is 1. The van der Waals surface area contributed by atoms with E-state index in [2.05, 4.69) is 27.8 Å². The normalized spacial score (nSPS) is 10.8. The number of benzene rings is 3. The van der Waals surface area contributed by atoms with Gasteiger partial charge in [0.05, 0.1) is 7.11 Å². The van der Waals surface area contributed by atoms with Crippen molar-refractivity contribution >= 4 is 22.5 Å². The predicted octanol–water partition coefficient (Wildman–Crippen LogP) is 5.39. The number of aryl methyl sites for hydroxylation is 1. The van der Waals surface area contributed by atoms with Gasteiger partial charge in [0.2, 0.25) is 5.91 Å². The first-order chi connectivity index (χ1) is 15.7. The second kappa shape index (κ2) is 10.5. The third-order valence-corrected chi connectivity index (χ3v) is 5.57. The molecule has 4 rings (SSSR count). The van der Waals surface area contributed by atoms with Gasteiger partial charge in [-0.25, -0.2) is 0 Å². The molecule has 0 aliphatic rings. The first-order valence-corrected chi connectivity index (χ1v) is 11.0. The summed E-state index contributed by atoms with van der Waals surface area (Å²) in [5.41, 5.74) is 5.51. The van der Waals surface area contributed by atoms with Crippen LogP contribution in [0.15, 0.2) is 78.9 Å². The van der Waals surface area contributed by atoms with Crippen molar-refractivity contribution in [2.75, 3.05) is 25.5 Å². The molecule has 0 aliphatic heterocycles. The van der Waals surface area contributed by atoms with Crippen molar-refractivity contribution in [1.29, 1.82) is 0 Å². The number of ether oxygens (including phenoxy) is 1. The molecule has 0 atom stereocenters. The highest BCUT2D eigenvalue weighted by Gasteiger charge is 2.14. The minimum absolute atomic E-state index is 0.0793. The average molecular weight is 428 g/mol. The number of H-pyrrole nitrogens is 1. The molecule has 1 aromatic heterocycles. The van der Waals surface area contributed by atoms with Crippen LogP contribution in [0.2, 0.25) is 0 Å². The zero-order chi connectivity index (χ0) is 22.2. The SMILES string of the molecule is COc1ccc(-c2[nH]c3ccccc3c2CCC(=O)NCCCNc2ccccc2)cc1. The molecular weight excluding hydrogens is 398 g/mol. The second-order valence-electron chi connectivity index (χ2n) is 7.75. The van der Waals surface area contributed by atoms with Crippen molar-refractivity contribution in [3.05, 3.63) is 84.4 Å². The number of carbonyl (C=O) groups excluding carboxylic acids is 1. The number of anilines is 1. The lowest BCUT2D eigenvalue weighted by atomic mass is 10.0. The largest absolute Gasteiger partial charge is 0.497 e. The molecule has 0 bridgehead atoms. The van der Waals surface area contributed by atoms with Crippen LogP contribution in [0.3, 0.4) is 0 Å². The van der Waals surface area contributed by atoms with Gasteiger partial charge < -0.3 is 20.4 Å². The Morgan fingerprint density at radius 3 is 2.44 bits per heavy atom. The van der Waals surface area contributed by atoms with Crippen LogP contribution in [-0.2, 0) is 11.2 Å². The van der Waals surface area contributed by atoms with Gasteiger partial charge in [0.15, 0.2) is 0 Å². The zero-order valence-corrected chi connectivity index (χ0v) is 18.4. The van der Waals surface area contributed by atoms with Gasteiger partial charge in [-0.1, -0.05) is 36.4 Å². The first kappa shape index (κ1) is 21.5. The molecule has 32 heavy (non-hydrogen) atoms. The number of nitrogens with one attached hydrogen (secondary N) is 3. The molecule has 0 saturated carbocycles. The second-order valence-corrected chi connectivity index (χ2v) is 7.75. The van der Waals surface area contributed by atoms with Crippen molar-refractivity contribution in [3.63, 3.8) is 0 Å². The molecule has 3 aromatic carbocycles. The molecule has 3 N–H and O–H groups in total. The molecule has 0 fully saturated rings. The van der Waals surface area contributed by atoms with E-state index in [1.165, 1.54) is 5.56 Å². The molecule has 5 nitrogen and oxygen atoms in total. The zero-order valence-electron chi connectivity index (χ0n) is 18.4. The Morgan fingerprint density at radius 2 is 1.66 bits per heavy atom. The number of fused-ring (bicyclic) bond motifs is 1. The van der Waals surface area contributed by atoms with E-state index in [-0.39, 0.29) is 5.91 Å². The van der Waals surface area contributed by atoms with E-state index in [0.717, 1.165) is 46.6 Å². The lowest BCUT2D eigenvalue weighted by Gasteiger charge is -2.09. The van der Waals surface area contributed by atoms with E-state index >= 15 is 0 Å². The van der Waals surface area contributed by atoms with Crippen LogP contribution in [-0.4, -0.2) is 31.1 Å². The van der Waals surface area contributed by atoms with Gasteiger partial charge in [0.1, 0.15) is 5.75 Å². The maximum atomic E-state index is 12.5. The lowest BCUT2D eigenvalue weighted by molar-refractivity contribution is -0.121. The molecule has 0 spiro atoms. The molecule has 0 radical (unpaired) electrons. The summed E-state index contributed by atoms with van der Waals surface area (Å²) in [4.78, 5) is 16.0. The molecule has 0 unspecified atom stereocenters. The van der Waals surface area contributed by atoms with E-state index in [1.54, 1.807) is 7.11 Å². The van der Waals surface area contributed by atoms with Crippen LogP contribution in [0.4, 0.5) is 5.69 Å². The summed E-state index contributed by atoms with van der Waals surface area (Å²) in [6.07, 6.45) is 2.02. The molecule has 1 heterocycles. The molecular formula is C27H29N3O2. The predicted molar refractivity (Wildman–Crippen MR) is 131 cm³/mol. The molecule has 0 aliphatic carbocycles. The molecule has 164 valence electrons. The van der Waals surface area contributed by atoms with Gasteiger partial charge >= 0.3 is 0 Å². The van der Waals surface area contributed by atoms with Gasteiger partial charge in [0.25, 0.3) is 0 Å². The van der Waals surface area contributed by atoms with Crippen molar-refractivity contribution in [2.24, 2.45) is 0 Å². The Hall–Kier alpha value is -3.73. The number of hydrogen-bond acceptors (Lipinski definition) is 3. The fourth-order valence-electron chi connectivity index (χ4n) is 3.90. The topological polar surface area (TPSA) is 66.2 Å². The fraction of sp³-hybridized carbons (Fsp3) is 0.222. The van der Waals surface area contributed by atoms with Crippen LogP contribution in [0.25, 0.3) is 22.2 Å². The Bertz CT molecular complexity index is 1150. The smallest absolute Gasteiger partial charge is 0.220 e. The minimum atomic E-state index is 0.0793. The monoisotopic (exact) mass is 427 g/mol. The van der Waals surface area contributed by atoms with Gasteiger partial charge in [0, 0.05) is 41.8 Å². The Labute approximate surface area is 188 Å². The van der Waals surface area contributed by atoms with Crippen LogP contribution in [0.5, 0.6) is 5.75 Å². The van der Waals surface area contributed by atoms with Crippen molar-refractivity contribution in [1.82, 2.24) is 10.3 Å². The Kier molecular flexibility index (Phi) is 7.08. The van der Waals surface area contributed by atoms with Gasteiger partial charge in [-0.2, -0.15) is 0 Å². The van der Waals surface area contributed by atoms with Crippen LogP contribution < -0.4 is 15.4 Å². The number of aromatic amines is 1. The summed E-state index contributed by atoms with van der Waals surface area (Å²) in [5.74, 6) is 0.906. The van der Waals surface area contributed by atoms with E-state index in [4.69, 9.17) is 4.74 Å². The molecule has 4 aromatic rings. The fourth-order valence-corrected chi connectivity index (χ4v) is 3.90. The standard InChI is InChI=1S/C27H29N3O2/c1-32-22-14-12-20(13-15-22)27-24(23-10-5-6-11-25(23)30-27)16-17-26(31)29-19-7-18-28-21-8-3-2-4-9-21/h2-6,8-15,28,30H,7,16-19H2,1H3,(H,29,31). The highest BCUT2D eigenvalue weighted by atomic mass is 16.5. The van der Waals surface area contributed by atoms with E-state index < -0.39 is 0 Å². The highest BCUT2D eigenvalue weighted by molar-refractivity contribution is 5.91. The van der Waals surface area contributed by atoms with Gasteiger partial charge in [-0.15, -0.1) is 0 Å². The third-order valence-electron chi connectivity index (χ3n) is 5.57. The van der Waals surface area contributed by atoms with Crippen LogP contribution >= 0.6 is 0 Å². The molecule has 5 heteroatoms. The Morgan fingerprint density at radius 1 is 0.906 bits per heavy atom. The first-order valence-electron chi connectivity index (χ1n) is 11.0. The maximum Gasteiger partial charge on any atom is 0.220 e. The van der Waals surface area contributed by atoms with Crippen molar-refractivity contribution in [2.45, 2.75) is 19.3 Å². The van der Waals surface area contributed by atoms with Gasteiger partial charge in [-0.3, -0.25) is 4.79 Å². The summed E-state index contributed by atoms with van der Waals surface area (Å²) in [6.45, 7) is 1.49. The summed E-state index contributed by atoms with van der Waals surface area (Å²) < 4.78 is 5.29. The summed E-state index contributed by atoms with van der Waals surface area (Å²) >= 11 is 0.